The van der Waals surface area contributed by atoms with Crippen molar-refractivity contribution in [3.8, 4) is 5.88 Å². The molecule has 0 bridgehead atoms. The molecule has 3 nitrogen and oxygen atoms in total. The number of aromatic nitrogens is 2. The van der Waals surface area contributed by atoms with Crippen molar-refractivity contribution in [1.29, 1.82) is 0 Å². The van der Waals surface area contributed by atoms with Crippen molar-refractivity contribution in [2.45, 2.75) is 65.2 Å². The monoisotopic (exact) mass is 328 g/mol. The van der Waals surface area contributed by atoms with Crippen LogP contribution in [0.25, 0.3) is 0 Å². The number of ether oxygens (including phenoxy) is 1. The van der Waals surface area contributed by atoms with Gasteiger partial charge in [0, 0.05) is 12.0 Å². The summed E-state index contributed by atoms with van der Waals surface area (Å²) in [6, 6.07) is 1.84. The summed E-state index contributed by atoms with van der Waals surface area (Å²) in [5, 5.41) is 0. The van der Waals surface area contributed by atoms with Gasteiger partial charge >= 0.3 is 0 Å². The number of hydrogen-bond donors (Lipinski definition) is 0. The van der Waals surface area contributed by atoms with Crippen LogP contribution in [-0.4, -0.2) is 16.6 Å². The van der Waals surface area contributed by atoms with E-state index in [0.29, 0.717) is 11.8 Å². The van der Waals surface area contributed by atoms with Gasteiger partial charge in [-0.15, -0.1) is 0 Å². The van der Waals surface area contributed by atoms with Crippen LogP contribution in [0.1, 0.15) is 71.0 Å². The van der Waals surface area contributed by atoms with E-state index >= 15 is 0 Å². The van der Waals surface area contributed by atoms with Gasteiger partial charge in [-0.1, -0.05) is 52.9 Å². The Balaban J connectivity index is 2.29. The van der Waals surface area contributed by atoms with Crippen LogP contribution in [-0.2, 0) is 0 Å². The summed E-state index contributed by atoms with van der Waals surface area (Å²) < 4.78 is 6.50. The zero-order valence-electron chi connectivity index (χ0n) is 12.3. The topological polar surface area (TPSA) is 35.0 Å². The molecule has 1 heterocycles. The summed E-state index contributed by atoms with van der Waals surface area (Å²) in [7, 11) is 0. The van der Waals surface area contributed by atoms with Gasteiger partial charge in [0.1, 0.15) is 10.4 Å². The van der Waals surface area contributed by atoms with Gasteiger partial charge in [-0.05, 0) is 22.4 Å². The van der Waals surface area contributed by atoms with E-state index in [1.165, 1.54) is 32.1 Å². The molecule has 0 spiro atoms. The molecule has 0 radical (unpaired) electrons. The summed E-state index contributed by atoms with van der Waals surface area (Å²) in [6.45, 7) is 7.15. The molecule has 0 aliphatic carbocycles. The van der Waals surface area contributed by atoms with Crippen LogP contribution >= 0.6 is 15.9 Å². The molecular weight excluding hydrogens is 304 g/mol. The maximum atomic E-state index is 5.70. The van der Waals surface area contributed by atoms with Gasteiger partial charge in [0.05, 0.1) is 6.61 Å². The minimum Gasteiger partial charge on any atom is -0.478 e. The molecule has 0 saturated carbocycles. The SMILES string of the molecule is CCCCCCCCOc1cc(Br)nc(C(C)C)n1. The van der Waals surface area contributed by atoms with E-state index in [9.17, 15) is 0 Å². The first kappa shape index (κ1) is 16.4. The molecule has 0 N–H and O–H groups in total. The van der Waals surface area contributed by atoms with E-state index in [-0.39, 0.29) is 0 Å². The number of unbranched alkanes of at least 4 members (excludes halogenated alkanes) is 5. The molecular formula is C15H25BrN2O. The van der Waals surface area contributed by atoms with Crippen molar-refractivity contribution in [2.24, 2.45) is 0 Å². The Morgan fingerprint density at radius 2 is 1.79 bits per heavy atom. The lowest BCUT2D eigenvalue weighted by Gasteiger charge is -2.09. The maximum Gasteiger partial charge on any atom is 0.217 e. The Hall–Kier alpha value is -0.640. The van der Waals surface area contributed by atoms with Gasteiger partial charge in [-0.2, -0.15) is 4.98 Å². The fourth-order valence-electron chi connectivity index (χ4n) is 1.81. The third kappa shape index (κ3) is 6.90. The average Bonchev–Trinajstić information content (AvgIpc) is 2.37. The zero-order chi connectivity index (χ0) is 14.1. The normalized spacial score (nSPS) is 11.0. The van der Waals surface area contributed by atoms with Crippen molar-refractivity contribution < 1.29 is 4.74 Å². The molecule has 0 unspecified atom stereocenters. The molecule has 4 heteroatoms. The van der Waals surface area contributed by atoms with Crippen LogP contribution in [0.3, 0.4) is 0 Å². The molecule has 0 aromatic carbocycles. The zero-order valence-corrected chi connectivity index (χ0v) is 13.9. The fraction of sp³-hybridized carbons (Fsp3) is 0.733. The molecule has 1 aromatic rings. The van der Waals surface area contributed by atoms with E-state index < -0.39 is 0 Å². The van der Waals surface area contributed by atoms with Crippen LogP contribution in [0, 0.1) is 0 Å². The van der Waals surface area contributed by atoms with E-state index in [2.05, 4.69) is 46.7 Å². The molecule has 0 atom stereocenters. The summed E-state index contributed by atoms with van der Waals surface area (Å²) in [5.74, 6) is 1.82. The minimum absolute atomic E-state index is 0.314. The standard InChI is InChI=1S/C15H25BrN2O/c1-4-5-6-7-8-9-10-19-14-11-13(16)17-15(18-14)12(2)3/h11-12H,4-10H2,1-3H3. The molecule has 0 fully saturated rings. The van der Waals surface area contributed by atoms with Crippen molar-refractivity contribution in [3.63, 3.8) is 0 Å². The lowest BCUT2D eigenvalue weighted by atomic mass is 10.1. The summed E-state index contributed by atoms with van der Waals surface area (Å²) in [4.78, 5) is 8.75. The lowest BCUT2D eigenvalue weighted by molar-refractivity contribution is 0.291. The highest BCUT2D eigenvalue weighted by atomic mass is 79.9. The molecule has 0 aliphatic rings. The largest absolute Gasteiger partial charge is 0.478 e. The van der Waals surface area contributed by atoms with E-state index in [4.69, 9.17) is 4.74 Å². The number of rotatable bonds is 9. The first-order valence-electron chi connectivity index (χ1n) is 7.30. The van der Waals surface area contributed by atoms with Crippen LogP contribution < -0.4 is 4.74 Å². The third-order valence-electron chi connectivity index (χ3n) is 2.95. The number of halogens is 1. The second-order valence-electron chi connectivity index (χ2n) is 5.16. The highest BCUT2D eigenvalue weighted by Gasteiger charge is 2.07. The van der Waals surface area contributed by atoms with Gasteiger partial charge in [0.25, 0.3) is 0 Å². The summed E-state index contributed by atoms with van der Waals surface area (Å²) in [6.07, 6.45) is 7.63. The second kappa shape index (κ2) is 9.29. The van der Waals surface area contributed by atoms with E-state index in [1.807, 2.05) is 6.07 Å². The van der Waals surface area contributed by atoms with Crippen LogP contribution in [0.15, 0.2) is 10.7 Å². The second-order valence-corrected chi connectivity index (χ2v) is 5.97. The quantitative estimate of drug-likeness (QED) is 0.467. The van der Waals surface area contributed by atoms with Crippen molar-refractivity contribution in [2.75, 3.05) is 6.61 Å². The van der Waals surface area contributed by atoms with Gasteiger partial charge in [-0.3, -0.25) is 0 Å². The Bertz CT molecular complexity index is 369. The highest BCUT2D eigenvalue weighted by molar-refractivity contribution is 9.10. The first-order valence-corrected chi connectivity index (χ1v) is 8.10. The minimum atomic E-state index is 0.314. The molecule has 108 valence electrons. The predicted molar refractivity (Wildman–Crippen MR) is 82.7 cm³/mol. The Morgan fingerprint density at radius 3 is 2.47 bits per heavy atom. The molecule has 1 aromatic heterocycles. The van der Waals surface area contributed by atoms with Gasteiger partial charge in [0.2, 0.25) is 5.88 Å². The van der Waals surface area contributed by atoms with E-state index in [1.54, 1.807) is 0 Å². The molecule has 0 aliphatic heterocycles. The predicted octanol–water partition coefficient (Wildman–Crippen LogP) is 5.10. The Labute approximate surface area is 125 Å². The fourth-order valence-corrected chi connectivity index (χ4v) is 2.18. The highest BCUT2D eigenvalue weighted by Crippen LogP contribution is 2.19. The maximum absolute atomic E-state index is 5.70. The smallest absolute Gasteiger partial charge is 0.217 e. The van der Waals surface area contributed by atoms with Crippen LogP contribution in [0.5, 0.6) is 5.88 Å². The molecule has 1 rings (SSSR count). The first-order chi connectivity index (χ1) is 9.13. The third-order valence-corrected chi connectivity index (χ3v) is 3.36. The van der Waals surface area contributed by atoms with E-state index in [0.717, 1.165) is 23.5 Å². The van der Waals surface area contributed by atoms with Gasteiger partial charge < -0.3 is 4.74 Å². The Morgan fingerprint density at radius 1 is 1.11 bits per heavy atom. The molecule has 0 amide bonds. The van der Waals surface area contributed by atoms with Gasteiger partial charge in [-0.25, -0.2) is 4.98 Å². The molecule has 19 heavy (non-hydrogen) atoms. The van der Waals surface area contributed by atoms with Crippen molar-refractivity contribution in [3.05, 3.63) is 16.5 Å². The average molecular weight is 329 g/mol. The Kier molecular flexibility index (Phi) is 8.03. The number of hydrogen-bond acceptors (Lipinski definition) is 3. The van der Waals surface area contributed by atoms with Crippen molar-refractivity contribution in [1.82, 2.24) is 9.97 Å². The summed E-state index contributed by atoms with van der Waals surface area (Å²) in [5.41, 5.74) is 0. The number of nitrogens with zero attached hydrogens (tertiary/aromatic N) is 2. The molecule has 0 saturated heterocycles. The summed E-state index contributed by atoms with van der Waals surface area (Å²) >= 11 is 3.40. The van der Waals surface area contributed by atoms with Gasteiger partial charge in [0.15, 0.2) is 0 Å². The van der Waals surface area contributed by atoms with Crippen LogP contribution in [0.2, 0.25) is 0 Å². The van der Waals surface area contributed by atoms with Crippen LogP contribution in [0.4, 0.5) is 0 Å². The lowest BCUT2D eigenvalue weighted by Crippen LogP contribution is -2.04. The van der Waals surface area contributed by atoms with Crippen molar-refractivity contribution >= 4 is 15.9 Å².